The molecule has 1 aliphatic heterocycles. The number of aromatic amines is 1. The Balaban J connectivity index is 1.47. The molecule has 0 spiro atoms. The van der Waals surface area contributed by atoms with Crippen molar-refractivity contribution < 1.29 is 9.72 Å². The van der Waals surface area contributed by atoms with Crippen molar-refractivity contribution in [1.29, 1.82) is 0 Å². The summed E-state index contributed by atoms with van der Waals surface area (Å²) in [6, 6.07) is 1.31. The number of nitrogens with zero attached hydrogens (tertiary/aromatic N) is 3. The zero-order valence-electron chi connectivity index (χ0n) is 12.0. The number of ketones is 1. The van der Waals surface area contributed by atoms with E-state index in [4.69, 9.17) is 0 Å². The third-order valence-electron chi connectivity index (χ3n) is 4.22. The van der Waals surface area contributed by atoms with E-state index in [1.54, 1.807) is 0 Å². The second-order valence-electron chi connectivity index (χ2n) is 5.97. The van der Waals surface area contributed by atoms with Crippen LogP contribution in [0.5, 0.6) is 0 Å². The van der Waals surface area contributed by atoms with Gasteiger partial charge in [0.25, 0.3) is 5.69 Å². The Bertz CT molecular complexity index is 530. The summed E-state index contributed by atoms with van der Waals surface area (Å²) in [5.74, 6) is 0.816. The fourth-order valence-corrected chi connectivity index (χ4v) is 2.73. The Morgan fingerprint density at radius 2 is 1.95 bits per heavy atom. The first-order valence-corrected chi connectivity index (χ1v) is 7.42. The minimum Gasteiger partial charge on any atom is -0.353 e. The standard InChI is InChI=1S/C14H20N4O3/c19-14(13-7-12(8-15-13)18(20)21)10-17-5-3-16(4-6-17)9-11-1-2-11/h7-8,11,15H,1-6,9-10H2. The third-order valence-corrected chi connectivity index (χ3v) is 4.22. The van der Waals surface area contributed by atoms with E-state index < -0.39 is 4.92 Å². The number of rotatable bonds is 6. The molecule has 7 heteroatoms. The highest BCUT2D eigenvalue weighted by molar-refractivity contribution is 5.96. The van der Waals surface area contributed by atoms with Crippen molar-refractivity contribution in [2.45, 2.75) is 12.8 Å². The molecule has 1 saturated carbocycles. The number of piperazine rings is 1. The summed E-state index contributed by atoms with van der Waals surface area (Å²) in [5, 5.41) is 10.6. The van der Waals surface area contributed by atoms with Crippen LogP contribution in [0.4, 0.5) is 5.69 Å². The summed E-state index contributed by atoms with van der Waals surface area (Å²) in [7, 11) is 0. The van der Waals surface area contributed by atoms with Gasteiger partial charge in [0.15, 0.2) is 5.78 Å². The molecule has 1 aromatic heterocycles. The fourth-order valence-electron chi connectivity index (χ4n) is 2.73. The lowest BCUT2D eigenvalue weighted by molar-refractivity contribution is -0.384. The van der Waals surface area contributed by atoms with Crippen molar-refractivity contribution >= 4 is 11.5 Å². The Morgan fingerprint density at radius 1 is 1.29 bits per heavy atom. The van der Waals surface area contributed by atoms with Crippen LogP contribution in [0.25, 0.3) is 0 Å². The van der Waals surface area contributed by atoms with Crippen LogP contribution in [0, 0.1) is 16.0 Å². The molecule has 0 radical (unpaired) electrons. The first kappa shape index (κ1) is 14.2. The summed E-state index contributed by atoms with van der Waals surface area (Å²) >= 11 is 0. The molecule has 0 bridgehead atoms. The van der Waals surface area contributed by atoms with Gasteiger partial charge in [-0.15, -0.1) is 0 Å². The van der Waals surface area contributed by atoms with E-state index in [1.165, 1.54) is 31.6 Å². The van der Waals surface area contributed by atoms with E-state index in [9.17, 15) is 14.9 Å². The molecule has 1 aromatic rings. The maximum atomic E-state index is 12.1. The maximum absolute atomic E-state index is 12.1. The molecule has 3 rings (SSSR count). The van der Waals surface area contributed by atoms with E-state index in [0.717, 1.165) is 32.1 Å². The number of nitrogens with one attached hydrogen (secondary N) is 1. The SMILES string of the molecule is O=C(CN1CCN(CC2CC2)CC1)c1cc([N+](=O)[O-])c[nH]1. The number of hydrogen-bond donors (Lipinski definition) is 1. The average molecular weight is 292 g/mol. The van der Waals surface area contributed by atoms with Gasteiger partial charge in [-0.25, -0.2) is 0 Å². The van der Waals surface area contributed by atoms with Crippen LogP contribution in [0.3, 0.4) is 0 Å². The van der Waals surface area contributed by atoms with Gasteiger partial charge in [0.2, 0.25) is 0 Å². The monoisotopic (exact) mass is 292 g/mol. The lowest BCUT2D eigenvalue weighted by Crippen LogP contribution is -2.48. The second kappa shape index (κ2) is 5.95. The van der Waals surface area contributed by atoms with Gasteiger partial charge in [-0.3, -0.25) is 19.8 Å². The lowest BCUT2D eigenvalue weighted by atomic mass is 10.2. The summed E-state index contributed by atoms with van der Waals surface area (Å²) in [6.07, 6.45) is 4.00. The summed E-state index contributed by atoms with van der Waals surface area (Å²) in [6.45, 7) is 5.32. The van der Waals surface area contributed by atoms with Crippen molar-refractivity contribution in [2.24, 2.45) is 5.92 Å². The van der Waals surface area contributed by atoms with Crippen LogP contribution < -0.4 is 0 Å². The highest BCUT2D eigenvalue weighted by Gasteiger charge is 2.27. The number of carbonyl (C=O) groups is 1. The summed E-state index contributed by atoms with van der Waals surface area (Å²) in [5.41, 5.74) is 0.259. The summed E-state index contributed by atoms with van der Waals surface area (Å²) < 4.78 is 0. The van der Waals surface area contributed by atoms with Crippen molar-refractivity contribution in [1.82, 2.24) is 14.8 Å². The molecule has 7 nitrogen and oxygen atoms in total. The van der Waals surface area contributed by atoms with E-state index >= 15 is 0 Å². The quantitative estimate of drug-likeness (QED) is 0.483. The van der Waals surface area contributed by atoms with Gasteiger partial charge >= 0.3 is 0 Å². The Hall–Kier alpha value is -1.73. The molecule has 2 heterocycles. The number of aromatic nitrogens is 1. The Labute approximate surface area is 123 Å². The lowest BCUT2D eigenvalue weighted by Gasteiger charge is -2.34. The van der Waals surface area contributed by atoms with E-state index in [2.05, 4.69) is 14.8 Å². The number of carbonyl (C=O) groups excluding carboxylic acids is 1. The zero-order chi connectivity index (χ0) is 14.8. The van der Waals surface area contributed by atoms with Crippen LogP contribution in [0.1, 0.15) is 23.3 Å². The van der Waals surface area contributed by atoms with Crippen LogP contribution in [0.15, 0.2) is 12.3 Å². The van der Waals surface area contributed by atoms with Gasteiger partial charge in [0.1, 0.15) is 0 Å². The second-order valence-corrected chi connectivity index (χ2v) is 5.97. The molecule has 114 valence electrons. The first-order chi connectivity index (χ1) is 10.1. The molecule has 0 atom stereocenters. The predicted molar refractivity (Wildman–Crippen MR) is 77.4 cm³/mol. The third kappa shape index (κ3) is 3.68. The molecular formula is C14H20N4O3. The number of hydrogen-bond acceptors (Lipinski definition) is 5. The van der Waals surface area contributed by atoms with Gasteiger partial charge in [0, 0.05) is 38.8 Å². The Morgan fingerprint density at radius 3 is 2.52 bits per heavy atom. The molecule has 1 saturated heterocycles. The first-order valence-electron chi connectivity index (χ1n) is 7.42. The molecule has 0 aromatic carbocycles. The molecule has 0 amide bonds. The van der Waals surface area contributed by atoms with E-state index in [1.807, 2.05) is 0 Å². The smallest absolute Gasteiger partial charge is 0.287 e. The number of nitro groups is 1. The van der Waals surface area contributed by atoms with E-state index in [-0.39, 0.29) is 11.5 Å². The van der Waals surface area contributed by atoms with Gasteiger partial charge in [-0.2, -0.15) is 0 Å². The molecular weight excluding hydrogens is 272 g/mol. The van der Waals surface area contributed by atoms with Gasteiger partial charge in [0.05, 0.1) is 23.4 Å². The normalized spacial score (nSPS) is 20.6. The topological polar surface area (TPSA) is 82.5 Å². The van der Waals surface area contributed by atoms with Crippen LogP contribution in [-0.4, -0.2) is 64.8 Å². The highest BCUT2D eigenvalue weighted by atomic mass is 16.6. The largest absolute Gasteiger partial charge is 0.353 e. The van der Waals surface area contributed by atoms with Crippen molar-refractivity contribution in [3.05, 3.63) is 28.1 Å². The van der Waals surface area contributed by atoms with Crippen LogP contribution in [0.2, 0.25) is 0 Å². The maximum Gasteiger partial charge on any atom is 0.287 e. The van der Waals surface area contributed by atoms with Gasteiger partial charge < -0.3 is 9.88 Å². The molecule has 1 aliphatic carbocycles. The average Bonchev–Trinajstić information content (AvgIpc) is 3.13. The fraction of sp³-hybridized carbons (Fsp3) is 0.643. The van der Waals surface area contributed by atoms with Crippen molar-refractivity contribution in [3.8, 4) is 0 Å². The molecule has 1 N–H and O–H groups in total. The van der Waals surface area contributed by atoms with Crippen molar-refractivity contribution in [2.75, 3.05) is 39.3 Å². The Kier molecular flexibility index (Phi) is 4.03. The highest BCUT2D eigenvalue weighted by Crippen LogP contribution is 2.29. The molecule has 2 aliphatic rings. The predicted octanol–water partition coefficient (Wildman–Crippen LogP) is 1.13. The molecule has 0 unspecified atom stereocenters. The minimum absolute atomic E-state index is 0.0624. The van der Waals surface area contributed by atoms with Crippen molar-refractivity contribution in [3.63, 3.8) is 0 Å². The van der Waals surface area contributed by atoms with E-state index in [0.29, 0.717) is 12.2 Å². The summed E-state index contributed by atoms with van der Waals surface area (Å²) in [4.78, 5) is 29.5. The minimum atomic E-state index is -0.496. The molecule has 21 heavy (non-hydrogen) atoms. The molecule has 2 fully saturated rings. The van der Waals surface area contributed by atoms with Crippen LogP contribution in [-0.2, 0) is 0 Å². The number of H-pyrrole nitrogens is 1. The zero-order valence-corrected chi connectivity index (χ0v) is 12.0. The van der Waals surface area contributed by atoms with Crippen LogP contribution >= 0.6 is 0 Å². The van der Waals surface area contributed by atoms with Gasteiger partial charge in [-0.05, 0) is 18.8 Å². The van der Waals surface area contributed by atoms with Gasteiger partial charge in [-0.1, -0.05) is 0 Å². The number of Topliss-reactive ketones (excluding diaryl/α,β-unsaturated/α-hetero) is 1.